The Morgan fingerprint density at radius 3 is 2.35 bits per heavy atom. The monoisotopic (exact) mass is 372 g/mol. The second kappa shape index (κ2) is 6.88. The number of carbonyl (C=O) groups excluding carboxylic acids is 1. The number of benzene rings is 2. The van der Waals surface area contributed by atoms with Crippen LogP contribution in [0, 0.1) is 6.92 Å². The maximum absolute atomic E-state index is 12.3. The lowest BCUT2D eigenvalue weighted by Crippen LogP contribution is -2.20. The minimum atomic E-state index is -3.75. The van der Waals surface area contributed by atoms with Crippen LogP contribution >= 0.6 is 23.2 Å². The van der Waals surface area contributed by atoms with Crippen molar-refractivity contribution in [1.82, 2.24) is 4.72 Å². The van der Waals surface area contributed by atoms with Gasteiger partial charge < -0.3 is 5.32 Å². The van der Waals surface area contributed by atoms with Gasteiger partial charge in [-0.1, -0.05) is 29.3 Å². The van der Waals surface area contributed by atoms with E-state index in [0.29, 0.717) is 10.7 Å². The molecule has 0 unspecified atom stereocenters. The van der Waals surface area contributed by atoms with Crippen molar-refractivity contribution in [3.05, 3.63) is 57.6 Å². The summed E-state index contributed by atoms with van der Waals surface area (Å²) in [7, 11) is -2.48. The molecule has 0 aliphatic rings. The van der Waals surface area contributed by atoms with Crippen molar-refractivity contribution in [3.63, 3.8) is 0 Å². The molecular formula is C15H14Cl2N2O3S. The number of nitrogens with one attached hydrogen (secondary N) is 2. The van der Waals surface area contributed by atoms with Crippen LogP contribution in [0.1, 0.15) is 15.9 Å². The summed E-state index contributed by atoms with van der Waals surface area (Å²) in [4.78, 5) is 12.1. The van der Waals surface area contributed by atoms with Crippen LogP contribution in [0.4, 0.5) is 5.69 Å². The second-order valence-electron chi connectivity index (χ2n) is 4.77. The van der Waals surface area contributed by atoms with Crippen LogP contribution in [0.15, 0.2) is 41.3 Å². The van der Waals surface area contributed by atoms with Gasteiger partial charge in [-0.2, -0.15) is 0 Å². The van der Waals surface area contributed by atoms with Gasteiger partial charge >= 0.3 is 0 Å². The third kappa shape index (κ3) is 4.03. The van der Waals surface area contributed by atoms with Crippen LogP contribution in [0.2, 0.25) is 10.0 Å². The van der Waals surface area contributed by atoms with Crippen molar-refractivity contribution in [2.45, 2.75) is 11.8 Å². The maximum Gasteiger partial charge on any atom is 0.255 e. The zero-order valence-corrected chi connectivity index (χ0v) is 14.7. The van der Waals surface area contributed by atoms with Gasteiger partial charge in [0.25, 0.3) is 5.91 Å². The fourth-order valence-corrected chi connectivity index (χ4v) is 3.26. The lowest BCUT2D eigenvalue weighted by molar-refractivity contribution is 0.102. The van der Waals surface area contributed by atoms with Gasteiger partial charge in [-0.05, 0) is 49.9 Å². The van der Waals surface area contributed by atoms with E-state index in [1.165, 1.54) is 25.2 Å². The Morgan fingerprint density at radius 2 is 1.74 bits per heavy atom. The largest absolute Gasteiger partial charge is 0.322 e. The lowest BCUT2D eigenvalue weighted by atomic mass is 10.2. The molecule has 23 heavy (non-hydrogen) atoms. The van der Waals surface area contributed by atoms with Crippen LogP contribution in [-0.4, -0.2) is 21.4 Å². The number of carbonyl (C=O) groups is 1. The second-order valence-corrected chi connectivity index (χ2v) is 7.44. The molecule has 0 bridgehead atoms. The van der Waals surface area contributed by atoms with Crippen LogP contribution in [0.25, 0.3) is 0 Å². The highest BCUT2D eigenvalue weighted by molar-refractivity contribution is 7.89. The van der Waals surface area contributed by atoms with Crippen LogP contribution in [0.5, 0.6) is 0 Å². The molecule has 1 amide bonds. The zero-order valence-electron chi connectivity index (χ0n) is 12.4. The normalized spacial score (nSPS) is 11.3. The van der Waals surface area contributed by atoms with Gasteiger partial charge in [-0.25, -0.2) is 13.1 Å². The summed E-state index contributed by atoms with van der Waals surface area (Å²) >= 11 is 11.9. The molecule has 0 radical (unpaired) electrons. The smallest absolute Gasteiger partial charge is 0.255 e. The zero-order chi connectivity index (χ0) is 17.2. The highest BCUT2D eigenvalue weighted by Crippen LogP contribution is 2.24. The third-order valence-corrected chi connectivity index (χ3v) is 5.48. The number of anilines is 1. The Balaban J connectivity index is 2.33. The molecule has 0 aliphatic heterocycles. The van der Waals surface area contributed by atoms with E-state index in [2.05, 4.69) is 10.0 Å². The van der Waals surface area contributed by atoms with Crippen molar-refractivity contribution in [2.24, 2.45) is 0 Å². The van der Waals surface area contributed by atoms with E-state index in [0.717, 1.165) is 5.56 Å². The minimum absolute atomic E-state index is 0.0364. The predicted octanol–water partition coefficient (Wildman–Crippen LogP) is 3.46. The summed E-state index contributed by atoms with van der Waals surface area (Å²) in [5, 5.41) is 3.22. The van der Waals surface area contributed by atoms with E-state index in [1.54, 1.807) is 18.2 Å². The van der Waals surface area contributed by atoms with Crippen LogP contribution < -0.4 is 10.0 Å². The van der Waals surface area contributed by atoms with E-state index in [9.17, 15) is 13.2 Å². The number of amides is 1. The van der Waals surface area contributed by atoms with E-state index < -0.39 is 15.9 Å². The first-order chi connectivity index (χ1) is 10.7. The molecule has 2 N–H and O–H groups in total. The molecule has 2 rings (SSSR count). The Kier molecular flexibility index (Phi) is 5.31. The van der Waals surface area contributed by atoms with Crippen molar-refractivity contribution in [2.75, 3.05) is 12.4 Å². The molecule has 0 saturated carbocycles. The van der Waals surface area contributed by atoms with Crippen molar-refractivity contribution in [1.29, 1.82) is 0 Å². The van der Waals surface area contributed by atoms with Crippen molar-refractivity contribution >= 4 is 44.8 Å². The molecule has 0 spiro atoms. The maximum atomic E-state index is 12.3. The molecule has 122 valence electrons. The number of halogens is 2. The Labute approximate surface area is 144 Å². The average molecular weight is 373 g/mol. The minimum Gasteiger partial charge on any atom is -0.322 e. The molecule has 0 saturated heterocycles. The molecule has 5 nitrogen and oxygen atoms in total. The van der Waals surface area contributed by atoms with E-state index in [-0.39, 0.29) is 15.5 Å². The van der Waals surface area contributed by atoms with Gasteiger partial charge in [0.05, 0.1) is 5.02 Å². The van der Waals surface area contributed by atoms with Gasteiger partial charge in [0.2, 0.25) is 10.0 Å². The first kappa shape index (κ1) is 17.7. The van der Waals surface area contributed by atoms with Crippen molar-refractivity contribution < 1.29 is 13.2 Å². The summed E-state index contributed by atoms with van der Waals surface area (Å²) in [6, 6.07) is 9.14. The Hall–Kier alpha value is -1.60. The van der Waals surface area contributed by atoms with Gasteiger partial charge in [-0.3, -0.25) is 4.79 Å². The molecule has 0 aromatic heterocycles. The van der Waals surface area contributed by atoms with E-state index in [1.807, 2.05) is 6.92 Å². The topological polar surface area (TPSA) is 75.3 Å². The quantitative estimate of drug-likeness (QED) is 0.862. The highest BCUT2D eigenvalue weighted by atomic mass is 35.5. The SMILES string of the molecule is CNS(=O)(=O)c1cc(C(=O)Nc2ccc(C)c(Cl)c2)ccc1Cl. The number of sulfonamides is 1. The molecule has 8 heteroatoms. The van der Waals surface area contributed by atoms with Crippen LogP contribution in [0.3, 0.4) is 0 Å². The van der Waals surface area contributed by atoms with Crippen molar-refractivity contribution in [3.8, 4) is 0 Å². The summed E-state index contributed by atoms with van der Waals surface area (Å²) in [5.74, 6) is -0.464. The summed E-state index contributed by atoms with van der Waals surface area (Å²) < 4.78 is 26.0. The van der Waals surface area contributed by atoms with E-state index in [4.69, 9.17) is 23.2 Å². The number of hydrogen-bond donors (Lipinski definition) is 2. The summed E-state index contributed by atoms with van der Waals surface area (Å²) in [6.45, 7) is 1.85. The lowest BCUT2D eigenvalue weighted by Gasteiger charge is -2.09. The fourth-order valence-electron chi connectivity index (χ4n) is 1.83. The Bertz CT molecular complexity index is 867. The van der Waals surface area contributed by atoms with E-state index >= 15 is 0 Å². The fraction of sp³-hybridized carbons (Fsp3) is 0.133. The van der Waals surface area contributed by atoms with Gasteiger partial charge in [-0.15, -0.1) is 0 Å². The first-order valence-corrected chi connectivity index (χ1v) is 8.79. The first-order valence-electron chi connectivity index (χ1n) is 6.55. The summed E-state index contributed by atoms with van der Waals surface area (Å²) in [6.07, 6.45) is 0. The predicted molar refractivity (Wildman–Crippen MR) is 91.8 cm³/mol. The Morgan fingerprint density at radius 1 is 1.04 bits per heavy atom. The van der Waals surface area contributed by atoms with Crippen LogP contribution in [-0.2, 0) is 10.0 Å². The van der Waals surface area contributed by atoms with Gasteiger partial charge in [0.1, 0.15) is 4.90 Å². The average Bonchev–Trinajstić information content (AvgIpc) is 2.51. The van der Waals surface area contributed by atoms with Gasteiger partial charge in [0, 0.05) is 16.3 Å². The molecule has 2 aromatic rings. The standard InChI is InChI=1S/C15H14Cl2N2O3S/c1-9-3-5-11(8-13(9)17)19-15(20)10-4-6-12(16)14(7-10)23(21,22)18-2/h3-8,18H,1-2H3,(H,19,20). The molecular weight excluding hydrogens is 359 g/mol. The number of aryl methyl sites for hydroxylation is 1. The molecule has 2 aromatic carbocycles. The van der Waals surface area contributed by atoms with Gasteiger partial charge in [0.15, 0.2) is 0 Å². The molecule has 0 fully saturated rings. The third-order valence-electron chi connectivity index (χ3n) is 3.18. The number of hydrogen-bond acceptors (Lipinski definition) is 3. The molecule has 0 atom stereocenters. The molecule has 0 heterocycles. The highest BCUT2D eigenvalue weighted by Gasteiger charge is 2.18. The summed E-state index contributed by atoms with van der Waals surface area (Å²) in [5.41, 5.74) is 1.57. The molecule has 0 aliphatic carbocycles. The number of rotatable bonds is 4.